The SMILES string of the molecule is CCCNc1cccnc1S(=O)(=O)NCC(=O)NC1CC1. The van der Waals surface area contributed by atoms with Gasteiger partial charge >= 0.3 is 0 Å². The molecule has 1 saturated carbocycles. The fourth-order valence-electron chi connectivity index (χ4n) is 1.73. The molecule has 0 aliphatic heterocycles. The third-order valence-electron chi connectivity index (χ3n) is 2.96. The van der Waals surface area contributed by atoms with Crippen LogP contribution in [0.3, 0.4) is 0 Å². The molecule has 1 aliphatic rings. The summed E-state index contributed by atoms with van der Waals surface area (Å²) in [6.45, 7) is 2.36. The van der Waals surface area contributed by atoms with Crippen LogP contribution in [0, 0.1) is 0 Å². The lowest BCUT2D eigenvalue weighted by atomic mass is 10.4. The summed E-state index contributed by atoms with van der Waals surface area (Å²) < 4.78 is 26.7. The van der Waals surface area contributed by atoms with Crippen LogP contribution in [0.15, 0.2) is 23.4 Å². The Morgan fingerprint density at radius 1 is 1.43 bits per heavy atom. The molecule has 1 amide bonds. The Morgan fingerprint density at radius 3 is 2.86 bits per heavy atom. The van der Waals surface area contributed by atoms with Crippen molar-refractivity contribution < 1.29 is 13.2 Å². The second-order valence-corrected chi connectivity index (χ2v) is 6.63. The van der Waals surface area contributed by atoms with Gasteiger partial charge in [0.05, 0.1) is 12.2 Å². The summed E-state index contributed by atoms with van der Waals surface area (Å²) in [5, 5.41) is 5.66. The molecule has 116 valence electrons. The van der Waals surface area contributed by atoms with Crippen molar-refractivity contribution in [3.8, 4) is 0 Å². The van der Waals surface area contributed by atoms with Crippen LogP contribution in [-0.2, 0) is 14.8 Å². The van der Waals surface area contributed by atoms with Gasteiger partial charge in [-0.05, 0) is 31.4 Å². The second kappa shape index (κ2) is 6.86. The predicted molar refractivity (Wildman–Crippen MR) is 79.4 cm³/mol. The summed E-state index contributed by atoms with van der Waals surface area (Å²) in [6, 6.07) is 3.52. The molecule has 7 nitrogen and oxygen atoms in total. The van der Waals surface area contributed by atoms with Crippen LogP contribution in [0.4, 0.5) is 5.69 Å². The Morgan fingerprint density at radius 2 is 2.19 bits per heavy atom. The van der Waals surface area contributed by atoms with Gasteiger partial charge in [0.2, 0.25) is 5.91 Å². The van der Waals surface area contributed by atoms with E-state index in [1.54, 1.807) is 12.1 Å². The molecule has 0 radical (unpaired) electrons. The number of rotatable bonds is 8. The average Bonchev–Trinajstić information content (AvgIpc) is 3.27. The Kier molecular flexibility index (Phi) is 5.13. The maximum absolute atomic E-state index is 12.2. The van der Waals surface area contributed by atoms with Gasteiger partial charge in [0.15, 0.2) is 5.03 Å². The van der Waals surface area contributed by atoms with Crippen molar-refractivity contribution in [3.63, 3.8) is 0 Å². The van der Waals surface area contributed by atoms with Crippen LogP contribution in [-0.4, -0.2) is 38.4 Å². The molecule has 0 saturated heterocycles. The highest BCUT2D eigenvalue weighted by Gasteiger charge is 2.25. The molecule has 1 aromatic heterocycles. The number of anilines is 1. The summed E-state index contributed by atoms with van der Waals surface area (Å²) in [4.78, 5) is 15.5. The molecule has 21 heavy (non-hydrogen) atoms. The van der Waals surface area contributed by atoms with E-state index in [0.717, 1.165) is 19.3 Å². The first-order chi connectivity index (χ1) is 10.0. The third-order valence-corrected chi connectivity index (χ3v) is 4.32. The summed E-state index contributed by atoms with van der Waals surface area (Å²) >= 11 is 0. The van der Waals surface area contributed by atoms with E-state index in [1.807, 2.05) is 6.92 Å². The van der Waals surface area contributed by atoms with E-state index in [4.69, 9.17) is 0 Å². The summed E-state index contributed by atoms with van der Waals surface area (Å²) in [7, 11) is -3.82. The molecule has 8 heteroatoms. The van der Waals surface area contributed by atoms with Crippen molar-refractivity contribution in [1.29, 1.82) is 0 Å². The number of nitrogens with one attached hydrogen (secondary N) is 3. The molecular formula is C13H20N4O3S. The van der Waals surface area contributed by atoms with E-state index in [1.165, 1.54) is 6.20 Å². The van der Waals surface area contributed by atoms with E-state index in [9.17, 15) is 13.2 Å². The van der Waals surface area contributed by atoms with Gasteiger partial charge in [0, 0.05) is 18.8 Å². The molecule has 1 aromatic rings. The van der Waals surface area contributed by atoms with Gasteiger partial charge in [-0.15, -0.1) is 0 Å². The maximum atomic E-state index is 12.2. The second-order valence-electron chi connectivity index (χ2n) is 4.95. The number of hydrogen-bond donors (Lipinski definition) is 3. The Labute approximate surface area is 124 Å². The van der Waals surface area contributed by atoms with Crippen LogP contribution in [0.1, 0.15) is 26.2 Å². The van der Waals surface area contributed by atoms with E-state index >= 15 is 0 Å². The third kappa shape index (κ3) is 4.68. The minimum absolute atomic E-state index is 0.0855. The van der Waals surface area contributed by atoms with E-state index in [-0.39, 0.29) is 23.5 Å². The topological polar surface area (TPSA) is 100 Å². The number of pyridine rings is 1. The van der Waals surface area contributed by atoms with Gasteiger partial charge in [-0.25, -0.2) is 18.1 Å². The zero-order valence-corrected chi connectivity index (χ0v) is 12.7. The molecule has 0 unspecified atom stereocenters. The number of carbonyl (C=O) groups is 1. The summed E-state index contributed by atoms with van der Waals surface area (Å²) in [6.07, 6.45) is 4.20. The monoisotopic (exact) mass is 312 g/mol. The van der Waals surface area contributed by atoms with Gasteiger partial charge in [-0.3, -0.25) is 4.79 Å². The fraction of sp³-hybridized carbons (Fsp3) is 0.538. The lowest BCUT2D eigenvalue weighted by Crippen LogP contribution is -2.38. The highest BCUT2D eigenvalue weighted by atomic mass is 32.2. The molecule has 0 atom stereocenters. The smallest absolute Gasteiger partial charge is 0.260 e. The van der Waals surface area contributed by atoms with Gasteiger partial charge in [0.1, 0.15) is 0 Å². The zero-order valence-electron chi connectivity index (χ0n) is 11.9. The first-order valence-corrected chi connectivity index (χ1v) is 8.49. The lowest BCUT2D eigenvalue weighted by molar-refractivity contribution is -0.120. The van der Waals surface area contributed by atoms with Gasteiger partial charge in [-0.2, -0.15) is 0 Å². The zero-order chi connectivity index (χ0) is 15.3. The number of sulfonamides is 1. The molecule has 0 bridgehead atoms. The quantitative estimate of drug-likeness (QED) is 0.647. The van der Waals surface area contributed by atoms with Crippen LogP contribution in [0.5, 0.6) is 0 Å². The summed E-state index contributed by atoms with van der Waals surface area (Å²) in [5.74, 6) is -0.319. The Bertz CT molecular complexity index is 599. The Balaban J connectivity index is 2.02. The number of carbonyl (C=O) groups excluding carboxylic acids is 1. The number of aromatic nitrogens is 1. The predicted octanol–water partition coefficient (Wildman–Crippen LogP) is 0.460. The molecule has 0 spiro atoms. The highest BCUT2D eigenvalue weighted by Crippen LogP contribution is 2.19. The van der Waals surface area contributed by atoms with Crippen molar-refractivity contribution in [2.45, 2.75) is 37.3 Å². The van der Waals surface area contributed by atoms with E-state index in [2.05, 4.69) is 20.3 Å². The first-order valence-electron chi connectivity index (χ1n) is 7.01. The van der Waals surface area contributed by atoms with Crippen LogP contribution >= 0.6 is 0 Å². The molecule has 1 aliphatic carbocycles. The van der Waals surface area contributed by atoms with Gasteiger partial charge in [0.25, 0.3) is 10.0 Å². The van der Waals surface area contributed by atoms with Crippen LogP contribution in [0.25, 0.3) is 0 Å². The van der Waals surface area contributed by atoms with Crippen molar-refractivity contribution in [2.24, 2.45) is 0 Å². The van der Waals surface area contributed by atoms with E-state index < -0.39 is 10.0 Å². The Hall–Kier alpha value is -1.67. The largest absolute Gasteiger partial charge is 0.383 e. The number of nitrogens with zero attached hydrogens (tertiary/aromatic N) is 1. The minimum Gasteiger partial charge on any atom is -0.383 e. The average molecular weight is 312 g/mol. The molecule has 1 heterocycles. The summed E-state index contributed by atoms with van der Waals surface area (Å²) in [5.41, 5.74) is 0.439. The fourth-order valence-corrected chi connectivity index (χ4v) is 2.82. The standard InChI is InChI=1S/C13H20N4O3S/c1-2-7-14-11-4-3-8-15-13(11)21(19,20)16-9-12(18)17-10-5-6-10/h3-4,8,10,14,16H,2,5-7,9H2,1H3,(H,17,18). The van der Waals surface area contributed by atoms with Crippen molar-refractivity contribution in [1.82, 2.24) is 15.0 Å². The molecule has 3 N–H and O–H groups in total. The van der Waals surface area contributed by atoms with E-state index in [0.29, 0.717) is 12.2 Å². The molecular weight excluding hydrogens is 292 g/mol. The maximum Gasteiger partial charge on any atom is 0.260 e. The molecule has 2 rings (SSSR count). The van der Waals surface area contributed by atoms with Crippen LogP contribution < -0.4 is 15.4 Å². The van der Waals surface area contributed by atoms with Crippen molar-refractivity contribution in [2.75, 3.05) is 18.4 Å². The molecule has 1 fully saturated rings. The minimum atomic E-state index is -3.82. The lowest BCUT2D eigenvalue weighted by Gasteiger charge is -2.11. The van der Waals surface area contributed by atoms with Gasteiger partial charge < -0.3 is 10.6 Å². The normalized spacial score (nSPS) is 14.7. The molecule has 0 aromatic carbocycles. The first kappa shape index (κ1) is 15.7. The van der Waals surface area contributed by atoms with Crippen molar-refractivity contribution in [3.05, 3.63) is 18.3 Å². The highest BCUT2D eigenvalue weighted by molar-refractivity contribution is 7.89. The van der Waals surface area contributed by atoms with Crippen LogP contribution in [0.2, 0.25) is 0 Å². The number of amides is 1. The number of hydrogen-bond acceptors (Lipinski definition) is 5. The van der Waals surface area contributed by atoms with Crippen molar-refractivity contribution >= 4 is 21.6 Å². The van der Waals surface area contributed by atoms with Gasteiger partial charge in [-0.1, -0.05) is 6.92 Å².